The number of carbonyl (C=O) groups is 1. The van der Waals surface area contributed by atoms with Gasteiger partial charge in [0.25, 0.3) is 5.91 Å². The van der Waals surface area contributed by atoms with Crippen LogP contribution in [0.15, 0.2) is 18.2 Å². The van der Waals surface area contributed by atoms with Crippen LogP contribution in [0, 0.1) is 0 Å². The Labute approximate surface area is 119 Å². The molecule has 1 aliphatic rings. The molecule has 0 saturated carbocycles. The molecule has 2 heterocycles. The van der Waals surface area contributed by atoms with Crippen molar-refractivity contribution in [2.75, 3.05) is 26.2 Å². The van der Waals surface area contributed by atoms with Crippen molar-refractivity contribution in [3.63, 3.8) is 0 Å². The summed E-state index contributed by atoms with van der Waals surface area (Å²) in [5.74, 6) is -0.0219. The zero-order valence-electron chi connectivity index (χ0n) is 11.5. The minimum absolute atomic E-state index is 0.0219. The van der Waals surface area contributed by atoms with Crippen LogP contribution in [0.5, 0.6) is 0 Å². The molecule has 1 aromatic rings. The smallest absolute Gasteiger partial charge is 0.272 e. The minimum Gasteiger partial charge on any atom is -0.335 e. The SMILES string of the molecule is CCC(C)N1CCN(C(=O)c2cccc(Cl)n2)CC1. The van der Waals surface area contributed by atoms with Crippen LogP contribution in [0.25, 0.3) is 0 Å². The number of hydrogen-bond acceptors (Lipinski definition) is 3. The van der Waals surface area contributed by atoms with Crippen molar-refractivity contribution in [3.8, 4) is 0 Å². The Morgan fingerprint density at radius 3 is 2.63 bits per heavy atom. The molecule has 1 atom stereocenters. The summed E-state index contributed by atoms with van der Waals surface area (Å²) < 4.78 is 0. The van der Waals surface area contributed by atoms with Crippen LogP contribution >= 0.6 is 11.6 Å². The number of aromatic nitrogens is 1. The van der Waals surface area contributed by atoms with Crippen molar-refractivity contribution in [1.82, 2.24) is 14.8 Å². The van der Waals surface area contributed by atoms with Crippen molar-refractivity contribution < 1.29 is 4.79 Å². The Bertz CT molecular complexity index is 444. The van der Waals surface area contributed by atoms with E-state index in [-0.39, 0.29) is 5.91 Å². The predicted octanol–water partition coefficient (Wildman–Crippen LogP) is 2.29. The number of halogens is 1. The van der Waals surface area contributed by atoms with Gasteiger partial charge in [-0.3, -0.25) is 9.69 Å². The maximum Gasteiger partial charge on any atom is 0.272 e. The monoisotopic (exact) mass is 281 g/mol. The molecular formula is C14H20ClN3O. The Morgan fingerprint density at radius 1 is 1.37 bits per heavy atom. The number of pyridine rings is 1. The summed E-state index contributed by atoms with van der Waals surface area (Å²) in [6.07, 6.45) is 1.14. The molecule has 1 saturated heterocycles. The van der Waals surface area contributed by atoms with Gasteiger partial charge in [0.2, 0.25) is 0 Å². The lowest BCUT2D eigenvalue weighted by molar-refractivity contribution is 0.0574. The van der Waals surface area contributed by atoms with Crippen LogP contribution < -0.4 is 0 Å². The van der Waals surface area contributed by atoms with Gasteiger partial charge in [0.05, 0.1) is 0 Å². The average Bonchev–Trinajstić information content (AvgIpc) is 2.46. The fourth-order valence-corrected chi connectivity index (χ4v) is 2.48. The first kappa shape index (κ1) is 14.3. The van der Waals surface area contributed by atoms with Gasteiger partial charge in [-0.2, -0.15) is 0 Å². The van der Waals surface area contributed by atoms with Gasteiger partial charge in [-0.25, -0.2) is 4.98 Å². The third kappa shape index (κ3) is 3.45. The largest absolute Gasteiger partial charge is 0.335 e. The van der Waals surface area contributed by atoms with E-state index in [1.165, 1.54) is 0 Å². The normalized spacial score (nSPS) is 18.4. The second kappa shape index (κ2) is 6.35. The quantitative estimate of drug-likeness (QED) is 0.798. The molecule has 5 heteroatoms. The molecule has 0 bridgehead atoms. The number of nitrogens with zero attached hydrogens (tertiary/aromatic N) is 3. The van der Waals surface area contributed by atoms with E-state index >= 15 is 0 Å². The number of piperazine rings is 1. The van der Waals surface area contributed by atoms with E-state index in [0.717, 1.165) is 32.6 Å². The Morgan fingerprint density at radius 2 is 2.05 bits per heavy atom. The lowest BCUT2D eigenvalue weighted by Gasteiger charge is -2.37. The van der Waals surface area contributed by atoms with Crippen LogP contribution in [-0.2, 0) is 0 Å². The van der Waals surface area contributed by atoms with E-state index in [1.54, 1.807) is 18.2 Å². The standard InChI is InChI=1S/C14H20ClN3O/c1-3-11(2)17-7-9-18(10-8-17)14(19)12-5-4-6-13(15)16-12/h4-6,11H,3,7-10H2,1-2H3. The third-order valence-electron chi connectivity index (χ3n) is 3.75. The average molecular weight is 282 g/mol. The molecule has 4 nitrogen and oxygen atoms in total. The molecule has 1 unspecified atom stereocenters. The van der Waals surface area contributed by atoms with E-state index in [2.05, 4.69) is 23.7 Å². The van der Waals surface area contributed by atoms with E-state index in [4.69, 9.17) is 11.6 Å². The highest BCUT2D eigenvalue weighted by atomic mass is 35.5. The lowest BCUT2D eigenvalue weighted by atomic mass is 10.2. The summed E-state index contributed by atoms with van der Waals surface area (Å²) in [4.78, 5) is 20.6. The summed E-state index contributed by atoms with van der Waals surface area (Å²) in [5, 5.41) is 0.365. The fraction of sp³-hybridized carbons (Fsp3) is 0.571. The Kier molecular flexibility index (Phi) is 4.77. The molecule has 1 aromatic heterocycles. The predicted molar refractivity (Wildman–Crippen MR) is 76.5 cm³/mol. The second-order valence-electron chi connectivity index (χ2n) is 4.93. The maximum absolute atomic E-state index is 12.3. The zero-order valence-corrected chi connectivity index (χ0v) is 12.2. The van der Waals surface area contributed by atoms with Crippen molar-refractivity contribution in [2.24, 2.45) is 0 Å². The third-order valence-corrected chi connectivity index (χ3v) is 3.96. The molecule has 0 spiro atoms. The summed E-state index contributed by atoms with van der Waals surface area (Å²) in [6.45, 7) is 7.81. The highest BCUT2D eigenvalue weighted by Gasteiger charge is 2.24. The van der Waals surface area contributed by atoms with E-state index in [0.29, 0.717) is 16.9 Å². The highest BCUT2D eigenvalue weighted by Crippen LogP contribution is 2.12. The molecule has 2 rings (SSSR count). The molecule has 0 radical (unpaired) electrons. The first-order valence-corrected chi connectivity index (χ1v) is 7.15. The molecule has 0 aromatic carbocycles. The van der Waals surface area contributed by atoms with Gasteiger partial charge >= 0.3 is 0 Å². The van der Waals surface area contributed by atoms with Crippen molar-refractivity contribution in [3.05, 3.63) is 29.0 Å². The van der Waals surface area contributed by atoms with Crippen LogP contribution in [0.3, 0.4) is 0 Å². The van der Waals surface area contributed by atoms with E-state index < -0.39 is 0 Å². The number of amides is 1. The van der Waals surface area contributed by atoms with Crippen LogP contribution in [0.2, 0.25) is 5.15 Å². The highest BCUT2D eigenvalue weighted by molar-refractivity contribution is 6.29. The number of rotatable bonds is 3. The van der Waals surface area contributed by atoms with Gasteiger partial charge in [0.1, 0.15) is 10.8 Å². The summed E-state index contributed by atoms with van der Waals surface area (Å²) in [7, 11) is 0. The Balaban J connectivity index is 1.96. The van der Waals surface area contributed by atoms with Gasteiger partial charge in [0, 0.05) is 32.2 Å². The molecule has 1 fully saturated rings. The van der Waals surface area contributed by atoms with Crippen molar-refractivity contribution >= 4 is 17.5 Å². The van der Waals surface area contributed by atoms with Crippen LogP contribution in [0.4, 0.5) is 0 Å². The molecular weight excluding hydrogens is 262 g/mol. The van der Waals surface area contributed by atoms with Gasteiger partial charge < -0.3 is 4.90 Å². The van der Waals surface area contributed by atoms with Crippen LogP contribution in [0.1, 0.15) is 30.8 Å². The van der Waals surface area contributed by atoms with Crippen molar-refractivity contribution in [1.29, 1.82) is 0 Å². The molecule has 0 aliphatic carbocycles. The number of hydrogen-bond donors (Lipinski definition) is 0. The van der Waals surface area contributed by atoms with Crippen LogP contribution in [-0.4, -0.2) is 52.9 Å². The lowest BCUT2D eigenvalue weighted by Crippen LogP contribution is -2.51. The van der Waals surface area contributed by atoms with Gasteiger partial charge in [-0.05, 0) is 25.5 Å². The maximum atomic E-state index is 12.3. The molecule has 1 amide bonds. The summed E-state index contributed by atoms with van der Waals surface area (Å²) in [5.41, 5.74) is 0.435. The number of carbonyl (C=O) groups excluding carboxylic acids is 1. The molecule has 0 N–H and O–H groups in total. The van der Waals surface area contributed by atoms with Gasteiger partial charge in [-0.15, -0.1) is 0 Å². The minimum atomic E-state index is -0.0219. The topological polar surface area (TPSA) is 36.4 Å². The van der Waals surface area contributed by atoms with E-state index in [1.807, 2.05) is 4.90 Å². The van der Waals surface area contributed by atoms with E-state index in [9.17, 15) is 4.79 Å². The van der Waals surface area contributed by atoms with Crippen molar-refractivity contribution in [2.45, 2.75) is 26.3 Å². The molecule has 19 heavy (non-hydrogen) atoms. The van der Waals surface area contributed by atoms with Gasteiger partial charge in [0.15, 0.2) is 0 Å². The Hall–Kier alpha value is -1.13. The first-order valence-electron chi connectivity index (χ1n) is 6.77. The molecule has 1 aliphatic heterocycles. The molecule has 104 valence electrons. The first-order chi connectivity index (χ1) is 9.11. The second-order valence-corrected chi connectivity index (χ2v) is 5.32. The fourth-order valence-electron chi connectivity index (χ4n) is 2.31. The zero-order chi connectivity index (χ0) is 13.8. The summed E-state index contributed by atoms with van der Waals surface area (Å²) >= 11 is 5.82. The summed E-state index contributed by atoms with van der Waals surface area (Å²) in [6, 6.07) is 5.74. The van der Waals surface area contributed by atoms with Gasteiger partial charge in [-0.1, -0.05) is 24.6 Å².